The number of aromatic amines is 1. The largest absolute Gasteiger partial charge is 0.497 e. The number of nitrogens with one attached hydrogen (secondary N) is 1. The SMILES string of the molecule is COc1ccc(-c2ncc3c(n2)-c2[nH]c(CC4(N)CCC4)c(C(=O)O)c2CC3)cc1. The molecule has 3 aromatic rings. The van der Waals surface area contributed by atoms with Crippen LogP contribution in [0, 0.1) is 0 Å². The van der Waals surface area contributed by atoms with Crippen LogP contribution in [0.3, 0.4) is 0 Å². The molecule has 0 spiro atoms. The lowest BCUT2D eigenvalue weighted by Crippen LogP contribution is -2.48. The van der Waals surface area contributed by atoms with Gasteiger partial charge in [-0.3, -0.25) is 0 Å². The van der Waals surface area contributed by atoms with Crippen molar-refractivity contribution in [2.75, 3.05) is 7.11 Å². The quantitative estimate of drug-likeness (QED) is 0.601. The Balaban J connectivity index is 1.59. The van der Waals surface area contributed by atoms with Crippen LogP contribution in [0.1, 0.15) is 46.4 Å². The monoisotopic (exact) mass is 404 g/mol. The van der Waals surface area contributed by atoms with Crippen LogP contribution < -0.4 is 10.5 Å². The molecule has 30 heavy (non-hydrogen) atoms. The summed E-state index contributed by atoms with van der Waals surface area (Å²) < 4.78 is 5.22. The van der Waals surface area contributed by atoms with Crippen molar-refractivity contribution in [2.45, 2.75) is 44.1 Å². The number of aromatic nitrogens is 3. The zero-order chi connectivity index (χ0) is 20.9. The predicted octanol–water partition coefficient (Wildman–Crippen LogP) is 3.37. The van der Waals surface area contributed by atoms with Gasteiger partial charge in [-0.2, -0.15) is 0 Å². The highest BCUT2D eigenvalue weighted by Crippen LogP contribution is 2.39. The third-order valence-electron chi connectivity index (χ3n) is 6.37. The molecular weight excluding hydrogens is 380 g/mol. The number of rotatable bonds is 5. The lowest BCUT2D eigenvalue weighted by atomic mass is 9.74. The van der Waals surface area contributed by atoms with Gasteiger partial charge >= 0.3 is 5.97 Å². The first kappa shape index (κ1) is 18.8. The van der Waals surface area contributed by atoms with Crippen LogP contribution in [0.2, 0.25) is 0 Å². The molecule has 2 aliphatic rings. The number of carbonyl (C=O) groups is 1. The van der Waals surface area contributed by atoms with Gasteiger partial charge in [0.25, 0.3) is 0 Å². The number of methoxy groups -OCH3 is 1. The summed E-state index contributed by atoms with van der Waals surface area (Å²) >= 11 is 0. The molecule has 5 rings (SSSR count). The summed E-state index contributed by atoms with van der Waals surface area (Å²) in [7, 11) is 1.63. The molecule has 0 saturated heterocycles. The topological polar surface area (TPSA) is 114 Å². The molecule has 1 saturated carbocycles. The summed E-state index contributed by atoms with van der Waals surface area (Å²) in [5, 5.41) is 9.92. The van der Waals surface area contributed by atoms with E-state index in [2.05, 4.69) is 9.97 Å². The van der Waals surface area contributed by atoms with E-state index in [1.807, 2.05) is 30.5 Å². The second kappa shape index (κ2) is 6.95. The summed E-state index contributed by atoms with van der Waals surface area (Å²) in [5.74, 6) is 0.468. The third kappa shape index (κ3) is 3.06. The van der Waals surface area contributed by atoms with E-state index in [1.165, 1.54) is 0 Å². The maximum absolute atomic E-state index is 12.1. The fourth-order valence-corrected chi connectivity index (χ4v) is 4.54. The molecule has 0 atom stereocenters. The molecule has 1 fully saturated rings. The van der Waals surface area contributed by atoms with Gasteiger partial charge in [0.2, 0.25) is 0 Å². The highest BCUT2D eigenvalue weighted by atomic mass is 16.5. The maximum Gasteiger partial charge on any atom is 0.337 e. The first-order valence-electron chi connectivity index (χ1n) is 10.2. The van der Waals surface area contributed by atoms with E-state index in [1.54, 1.807) is 7.11 Å². The molecule has 1 aromatic carbocycles. The number of ether oxygens (including phenoxy) is 1. The van der Waals surface area contributed by atoms with Crippen LogP contribution in [0.25, 0.3) is 22.8 Å². The number of benzene rings is 1. The molecule has 7 nitrogen and oxygen atoms in total. The summed E-state index contributed by atoms with van der Waals surface area (Å²) in [5.41, 5.74) is 11.5. The molecule has 0 bridgehead atoms. The van der Waals surface area contributed by atoms with Crippen molar-refractivity contribution in [2.24, 2.45) is 5.73 Å². The Morgan fingerprint density at radius 2 is 2.03 bits per heavy atom. The molecule has 7 heteroatoms. The van der Waals surface area contributed by atoms with Crippen LogP contribution >= 0.6 is 0 Å². The first-order chi connectivity index (χ1) is 14.5. The zero-order valence-corrected chi connectivity index (χ0v) is 16.9. The smallest absolute Gasteiger partial charge is 0.337 e. The molecule has 0 radical (unpaired) electrons. The number of hydrogen-bond donors (Lipinski definition) is 3. The standard InChI is InChI=1S/C23H24N4O3/c1-30-15-6-3-13(4-7-15)21-25-12-14-5-8-16-18(22(28)29)17(11-23(24)9-2-10-23)26-20(16)19(14)27-21/h3-4,6-7,12,26H,2,5,8-11,24H2,1H3,(H,28,29). The number of H-pyrrole nitrogens is 1. The van der Waals surface area contributed by atoms with Gasteiger partial charge in [-0.25, -0.2) is 14.8 Å². The second-order valence-electron chi connectivity index (χ2n) is 8.33. The average molecular weight is 404 g/mol. The van der Waals surface area contributed by atoms with Gasteiger partial charge in [0.05, 0.1) is 24.1 Å². The van der Waals surface area contributed by atoms with Crippen molar-refractivity contribution in [1.29, 1.82) is 0 Å². The Bertz CT molecular complexity index is 1130. The Hall–Kier alpha value is -3.19. The van der Waals surface area contributed by atoms with Gasteiger partial charge in [0, 0.05) is 29.4 Å². The molecule has 154 valence electrons. The van der Waals surface area contributed by atoms with E-state index in [4.69, 9.17) is 15.5 Å². The maximum atomic E-state index is 12.1. The van der Waals surface area contributed by atoms with Crippen molar-refractivity contribution < 1.29 is 14.6 Å². The normalized spacial score (nSPS) is 16.3. The molecule has 2 aliphatic carbocycles. The van der Waals surface area contributed by atoms with E-state index in [0.717, 1.165) is 59.5 Å². The van der Waals surface area contributed by atoms with Crippen LogP contribution in [-0.2, 0) is 19.3 Å². The Labute approximate surface area is 174 Å². The fourth-order valence-electron chi connectivity index (χ4n) is 4.54. The number of aryl methyl sites for hydroxylation is 1. The van der Waals surface area contributed by atoms with E-state index in [9.17, 15) is 9.90 Å². The minimum atomic E-state index is -0.904. The predicted molar refractivity (Wildman–Crippen MR) is 113 cm³/mol. The van der Waals surface area contributed by atoms with E-state index in [0.29, 0.717) is 29.9 Å². The van der Waals surface area contributed by atoms with E-state index in [-0.39, 0.29) is 5.54 Å². The fraction of sp³-hybridized carbons (Fsp3) is 0.348. The third-order valence-corrected chi connectivity index (χ3v) is 6.37. The van der Waals surface area contributed by atoms with Crippen molar-refractivity contribution in [3.05, 3.63) is 52.8 Å². The Kier molecular flexibility index (Phi) is 4.36. The van der Waals surface area contributed by atoms with Crippen LogP contribution in [0.4, 0.5) is 0 Å². The lowest BCUT2D eigenvalue weighted by molar-refractivity contribution is 0.0694. The summed E-state index contributed by atoms with van der Waals surface area (Å²) in [6.07, 6.45) is 6.72. The highest BCUT2D eigenvalue weighted by Gasteiger charge is 2.36. The van der Waals surface area contributed by atoms with E-state index < -0.39 is 5.97 Å². The number of carboxylic acids is 1. The van der Waals surface area contributed by atoms with Crippen LogP contribution in [-0.4, -0.2) is 38.7 Å². The molecule has 0 amide bonds. The number of aromatic carboxylic acids is 1. The molecule has 0 aliphatic heterocycles. The van der Waals surface area contributed by atoms with Crippen LogP contribution in [0.15, 0.2) is 30.5 Å². The first-order valence-corrected chi connectivity index (χ1v) is 10.2. The number of nitrogens with zero attached hydrogens (tertiary/aromatic N) is 2. The van der Waals surface area contributed by atoms with Gasteiger partial charge < -0.3 is 20.6 Å². The minimum absolute atomic E-state index is 0.305. The zero-order valence-electron chi connectivity index (χ0n) is 16.9. The molecule has 4 N–H and O–H groups in total. The molecule has 0 unspecified atom stereocenters. The van der Waals surface area contributed by atoms with Crippen LogP contribution in [0.5, 0.6) is 5.75 Å². The number of fused-ring (bicyclic) bond motifs is 3. The summed E-state index contributed by atoms with van der Waals surface area (Å²) in [4.78, 5) is 24.8. The van der Waals surface area contributed by atoms with Gasteiger partial charge in [-0.1, -0.05) is 0 Å². The van der Waals surface area contributed by atoms with E-state index >= 15 is 0 Å². The van der Waals surface area contributed by atoms with Crippen molar-refractivity contribution in [3.63, 3.8) is 0 Å². The van der Waals surface area contributed by atoms with Gasteiger partial charge in [-0.15, -0.1) is 0 Å². The summed E-state index contributed by atoms with van der Waals surface area (Å²) in [6, 6.07) is 7.58. The lowest BCUT2D eigenvalue weighted by Gasteiger charge is -2.38. The van der Waals surface area contributed by atoms with Crippen molar-refractivity contribution >= 4 is 5.97 Å². The number of nitrogens with two attached hydrogens (primary N) is 1. The Morgan fingerprint density at radius 3 is 2.67 bits per heavy atom. The molecular formula is C23H24N4O3. The highest BCUT2D eigenvalue weighted by molar-refractivity contribution is 5.94. The average Bonchev–Trinajstić information content (AvgIpc) is 3.10. The molecule has 2 aromatic heterocycles. The minimum Gasteiger partial charge on any atom is -0.497 e. The van der Waals surface area contributed by atoms with Crippen molar-refractivity contribution in [3.8, 4) is 28.5 Å². The number of carboxylic acid groups (broad SMARTS) is 1. The summed E-state index contributed by atoms with van der Waals surface area (Å²) in [6.45, 7) is 0. The van der Waals surface area contributed by atoms with Gasteiger partial charge in [0.15, 0.2) is 5.82 Å². The number of hydrogen-bond acceptors (Lipinski definition) is 5. The molecule has 2 heterocycles. The van der Waals surface area contributed by atoms with Gasteiger partial charge in [-0.05, 0) is 67.5 Å². The van der Waals surface area contributed by atoms with Gasteiger partial charge in [0.1, 0.15) is 5.75 Å². The second-order valence-corrected chi connectivity index (χ2v) is 8.33. The van der Waals surface area contributed by atoms with Crippen molar-refractivity contribution in [1.82, 2.24) is 15.0 Å². The Morgan fingerprint density at radius 1 is 1.27 bits per heavy atom.